The first-order chi connectivity index (χ1) is 21.6. The molecule has 4 aliphatic rings. The van der Waals surface area contributed by atoms with E-state index in [1.165, 1.54) is 24.3 Å². The number of carbonyl (C=O) groups is 8. The van der Waals surface area contributed by atoms with Crippen LogP contribution in [0.25, 0.3) is 11.1 Å². The van der Waals surface area contributed by atoms with Crippen LogP contribution in [0, 0.1) is 0 Å². The van der Waals surface area contributed by atoms with Crippen LogP contribution in [0.3, 0.4) is 0 Å². The molecule has 0 aliphatic carbocycles. The maximum Gasteiger partial charge on any atom is 0.346 e. The summed E-state index contributed by atoms with van der Waals surface area (Å²) >= 11 is 0. The SMILES string of the molecule is O=C1OC(=O)c2cc(-c3ccc4c(c3)C(=O)OC4=O)ccc21.O=C1OC(=O)c2cc(Cc3ccc4c(c3)C(=O)OC4=O)ccc21. The van der Waals surface area contributed by atoms with Crippen LogP contribution in [0.2, 0.25) is 0 Å². The Balaban J connectivity index is 0.000000145. The number of benzene rings is 4. The molecule has 0 atom stereocenters. The largest absolute Gasteiger partial charge is 0.386 e. The highest BCUT2D eigenvalue weighted by molar-refractivity contribution is 6.17. The molecule has 0 amide bonds. The number of cyclic esters (lactones) is 8. The van der Waals surface area contributed by atoms with Gasteiger partial charge in [-0.3, -0.25) is 0 Å². The molecule has 8 rings (SSSR count). The van der Waals surface area contributed by atoms with Crippen LogP contribution in [-0.4, -0.2) is 47.8 Å². The molecule has 0 radical (unpaired) electrons. The third-order valence-corrected chi connectivity index (χ3v) is 7.45. The number of hydrogen-bond acceptors (Lipinski definition) is 12. The quantitative estimate of drug-likeness (QED) is 0.188. The lowest BCUT2D eigenvalue weighted by Crippen LogP contribution is -1.98. The van der Waals surface area contributed by atoms with Gasteiger partial charge in [0, 0.05) is 0 Å². The van der Waals surface area contributed by atoms with Crippen molar-refractivity contribution in [2.45, 2.75) is 6.42 Å². The Hall–Kier alpha value is -6.56. The number of fused-ring (bicyclic) bond motifs is 4. The van der Waals surface area contributed by atoms with Crippen LogP contribution in [0.15, 0.2) is 72.8 Å². The average Bonchev–Trinajstić information content (AvgIpc) is 3.68. The van der Waals surface area contributed by atoms with E-state index in [4.69, 9.17) is 0 Å². The van der Waals surface area contributed by atoms with Crippen molar-refractivity contribution < 1.29 is 57.3 Å². The number of esters is 8. The molecular weight excluding hydrogens is 588 g/mol. The molecule has 0 aromatic heterocycles. The van der Waals surface area contributed by atoms with Gasteiger partial charge in [-0.05, 0) is 77.2 Å². The highest BCUT2D eigenvalue weighted by Gasteiger charge is 2.33. The minimum atomic E-state index is -0.697. The van der Waals surface area contributed by atoms with Crippen molar-refractivity contribution in [1.29, 1.82) is 0 Å². The van der Waals surface area contributed by atoms with E-state index in [9.17, 15) is 38.4 Å². The first-order valence-corrected chi connectivity index (χ1v) is 13.2. The number of ether oxygens (including phenoxy) is 4. The number of hydrogen-bond donors (Lipinski definition) is 0. The molecule has 0 spiro atoms. The van der Waals surface area contributed by atoms with Crippen molar-refractivity contribution in [2.24, 2.45) is 0 Å². The fourth-order valence-corrected chi connectivity index (χ4v) is 5.25. The fraction of sp³-hybridized carbons (Fsp3) is 0.0303. The van der Waals surface area contributed by atoms with E-state index in [1.807, 2.05) is 0 Å². The van der Waals surface area contributed by atoms with Gasteiger partial charge in [0.15, 0.2) is 0 Å². The molecule has 4 aromatic rings. The fourth-order valence-electron chi connectivity index (χ4n) is 5.25. The second-order valence-corrected chi connectivity index (χ2v) is 10.2. The van der Waals surface area contributed by atoms with Crippen LogP contribution in [0.1, 0.15) is 94.0 Å². The van der Waals surface area contributed by atoms with Crippen molar-refractivity contribution in [3.63, 3.8) is 0 Å². The molecule has 0 saturated heterocycles. The molecule has 4 heterocycles. The van der Waals surface area contributed by atoms with Gasteiger partial charge < -0.3 is 18.9 Å². The molecule has 4 aliphatic heterocycles. The average molecular weight is 602 g/mol. The van der Waals surface area contributed by atoms with Crippen LogP contribution < -0.4 is 0 Å². The predicted molar refractivity (Wildman–Crippen MR) is 147 cm³/mol. The van der Waals surface area contributed by atoms with Crippen molar-refractivity contribution in [2.75, 3.05) is 0 Å². The number of rotatable bonds is 3. The number of carbonyl (C=O) groups excluding carboxylic acids is 8. The Morgan fingerprint density at radius 2 is 0.578 bits per heavy atom. The van der Waals surface area contributed by atoms with Crippen molar-refractivity contribution in [1.82, 2.24) is 0 Å². The Morgan fingerprint density at radius 3 is 0.911 bits per heavy atom. The zero-order valence-electron chi connectivity index (χ0n) is 22.5. The highest BCUT2D eigenvalue weighted by atomic mass is 16.6. The molecule has 12 heteroatoms. The summed E-state index contributed by atoms with van der Waals surface area (Å²) in [5.74, 6) is -5.34. The van der Waals surface area contributed by atoms with Gasteiger partial charge in [0.25, 0.3) is 0 Å². The molecule has 12 nitrogen and oxygen atoms in total. The Kier molecular flexibility index (Phi) is 6.08. The zero-order chi connectivity index (χ0) is 31.6. The summed E-state index contributed by atoms with van der Waals surface area (Å²) in [4.78, 5) is 92.0. The van der Waals surface area contributed by atoms with Gasteiger partial charge in [0.2, 0.25) is 0 Å². The van der Waals surface area contributed by atoms with Gasteiger partial charge in [-0.1, -0.05) is 24.3 Å². The van der Waals surface area contributed by atoms with E-state index >= 15 is 0 Å². The van der Waals surface area contributed by atoms with E-state index in [0.717, 1.165) is 11.1 Å². The lowest BCUT2D eigenvalue weighted by molar-refractivity contribution is 0.0425. The summed E-state index contributed by atoms with van der Waals surface area (Å²) in [6, 6.07) is 19.0. The minimum absolute atomic E-state index is 0.182. The monoisotopic (exact) mass is 602 g/mol. The molecule has 218 valence electrons. The Labute approximate surface area is 251 Å². The van der Waals surface area contributed by atoms with Gasteiger partial charge in [0.05, 0.1) is 44.5 Å². The minimum Gasteiger partial charge on any atom is -0.386 e. The van der Waals surface area contributed by atoms with E-state index < -0.39 is 47.8 Å². The molecule has 45 heavy (non-hydrogen) atoms. The van der Waals surface area contributed by atoms with Crippen LogP contribution in [0.4, 0.5) is 0 Å². The normalized spacial score (nSPS) is 15.4. The second-order valence-electron chi connectivity index (χ2n) is 10.2. The van der Waals surface area contributed by atoms with Crippen LogP contribution in [0.5, 0.6) is 0 Å². The molecule has 0 N–H and O–H groups in total. The lowest BCUT2D eigenvalue weighted by Gasteiger charge is -2.04. The summed E-state index contributed by atoms with van der Waals surface area (Å²) in [5.41, 5.74) is 4.59. The van der Waals surface area contributed by atoms with Crippen LogP contribution >= 0.6 is 0 Å². The van der Waals surface area contributed by atoms with E-state index in [2.05, 4.69) is 18.9 Å². The predicted octanol–water partition coefficient (Wildman–Crippen LogP) is 3.87. The first kappa shape index (κ1) is 27.3. The van der Waals surface area contributed by atoms with Crippen molar-refractivity contribution >= 4 is 47.8 Å². The molecule has 0 fully saturated rings. The molecular formula is C33H14O12. The van der Waals surface area contributed by atoms with Crippen molar-refractivity contribution in [3.05, 3.63) is 128 Å². The lowest BCUT2D eigenvalue weighted by atomic mass is 9.97. The standard InChI is InChI=1S/C17H8O6.C16H6O6/c18-14-10-3-1-8(6-12(10)16(20)22-14)5-9-2-4-11-13(7-9)17(21)23-15(11)19;17-13-9-3-1-7(5-11(9)15(19)21-13)8-2-4-10-12(6-8)16(20)22-14(10)18/h1-4,6-7H,5H2;1-6H. The van der Waals surface area contributed by atoms with E-state index in [1.54, 1.807) is 48.5 Å². The molecule has 0 bridgehead atoms. The van der Waals surface area contributed by atoms with Gasteiger partial charge >= 0.3 is 47.8 Å². The van der Waals surface area contributed by atoms with E-state index in [-0.39, 0.29) is 44.5 Å². The third kappa shape index (κ3) is 4.57. The summed E-state index contributed by atoms with van der Waals surface area (Å²) in [7, 11) is 0. The Morgan fingerprint density at radius 1 is 0.311 bits per heavy atom. The first-order valence-electron chi connectivity index (χ1n) is 13.2. The topological polar surface area (TPSA) is 173 Å². The maximum atomic E-state index is 11.6. The Bertz CT molecular complexity index is 1990. The smallest absolute Gasteiger partial charge is 0.346 e. The van der Waals surface area contributed by atoms with Gasteiger partial charge in [-0.15, -0.1) is 0 Å². The summed E-state index contributed by atoms with van der Waals surface area (Å²) in [6.07, 6.45) is 0.434. The van der Waals surface area contributed by atoms with Crippen LogP contribution in [-0.2, 0) is 25.4 Å². The van der Waals surface area contributed by atoms with Gasteiger partial charge in [-0.2, -0.15) is 0 Å². The maximum absolute atomic E-state index is 11.6. The molecule has 4 aromatic carbocycles. The molecule has 0 unspecified atom stereocenters. The van der Waals surface area contributed by atoms with Gasteiger partial charge in [-0.25, -0.2) is 38.4 Å². The third-order valence-electron chi connectivity index (χ3n) is 7.45. The second kappa shape index (κ2) is 10.0. The summed E-state index contributed by atoms with van der Waals surface area (Å²) in [5, 5.41) is 0. The summed E-state index contributed by atoms with van der Waals surface area (Å²) in [6.45, 7) is 0. The van der Waals surface area contributed by atoms with Gasteiger partial charge in [0.1, 0.15) is 0 Å². The zero-order valence-corrected chi connectivity index (χ0v) is 22.5. The molecule has 0 saturated carbocycles. The highest BCUT2D eigenvalue weighted by Crippen LogP contribution is 2.31. The summed E-state index contributed by atoms with van der Waals surface area (Å²) < 4.78 is 18.2. The van der Waals surface area contributed by atoms with Crippen molar-refractivity contribution in [3.8, 4) is 11.1 Å². The van der Waals surface area contributed by atoms with E-state index in [0.29, 0.717) is 17.5 Å².